The molecular formula is C25H19F2NO3. The largest absolute Gasteiger partial charge is 0.494 e. The summed E-state index contributed by atoms with van der Waals surface area (Å²) >= 11 is 0. The summed E-state index contributed by atoms with van der Waals surface area (Å²) < 4.78 is 34.2. The Morgan fingerprint density at radius 2 is 1.74 bits per heavy atom. The van der Waals surface area contributed by atoms with E-state index in [2.05, 4.69) is 0 Å². The van der Waals surface area contributed by atoms with Crippen molar-refractivity contribution in [1.82, 2.24) is 4.57 Å². The van der Waals surface area contributed by atoms with E-state index in [-0.39, 0.29) is 23.5 Å². The molecule has 31 heavy (non-hydrogen) atoms. The van der Waals surface area contributed by atoms with Gasteiger partial charge in [0.15, 0.2) is 5.78 Å². The Balaban J connectivity index is 1.90. The van der Waals surface area contributed by atoms with Crippen LogP contribution in [0.1, 0.15) is 28.4 Å². The molecule has 0 aliphatic rings. The van der Waals surface area contributed by atoms with Crippen molar-refractivity contribution in [3.8, 4) is 5.75 Å². The quantitative estimate of drug-likeness (QED) is 0.415. The van der Waals surface area contributed by atoms with Gasteiger partial charge < -0.3 is 9.30 Å². The topological polar surface area (TPSA) is 48.3 Å². The summed E-state index contributed by atoms with van der Waals surface area (Å²) in [5, 5.41) is 0.315. The maximum absolute atomic E-state index is 13.7. The van der Waals surface area contributed by atoms with Crippen LogP contribution in [-0.2, 0) is 6.54 Å². The van der Waals surface area contributed by atoms with Crippen LogP contribution < -0.4 is 10.2 Å². The molecule has 0 aliphatic carbocycles. The lowest BCUT2D eigenvalue weighted by molar-refractivity contribution is 0.103. The minimum atomic E-state index is -0.512. The van der Waals surface area contributed by atoms with Gasteiger partial charge in [0.05, 0.1) is 23.1 Å². The zero-order chi connectivity index (χ0) is 22.0. The highest BCUT2D eigenvalue weighted by molar-refractivity contribution is 6.10. The van der Waals surface area contributed by atoms with Crippen LogP contribution >= 0.6 is 0 Å². The lowest BCUT2D eigenvalue weighted by Crippen LogP contribution is -2.20. The molecule has 0 radical (unpaired) electrons. The summed E-state index contributed by atoms with van der Waals surface area (Å²) in [4.78, 5) is 26.3. The molecular weight excluding hydrogens is 400 g/mol. The number of carbonyl (C=O) groups is 1. The van der Waals surface area contributed by atoms with Crippen molar-refractivity contribution in [3.05, 3.63) is 111 Å². The average molecular weight is 419 g/mol. The number of ether oxygens (including phenoxy) is 1. The van der Waals surface area contributed by atoms with Crippen LogP contribution in [0.2, 0.25) is 0 Å². The van der Waals surface area contributed by atoms with Gasteiger partial charge in [-0.05, 0) is 67.1 Å². The smallest absolute Gasteiger partial charge is 0.200 e. The molecule has 0 saturated carbocycles. The Morgan fingerprint density at radius 1 is 0.968 bits per heavy atom. The van der Waals surface area contributed by atoms with Gasteiger partial charge in [-0.2, -0.15) is 0 Å². The van der Waals surface area contributed by atoms with Crippen LogP contribution in [0, 0.1) is 11.6 Å². The van der Waals surface area contributed by atoms with E-state index in [1.54, 1.807) is 34.9 Å². The molecule has 4 aromatic rings. The van der Waals surface area contributed by atoms with Crippen LogP contribution in [0.3, 0.4) is 0 Å². The predicted molar refractivity (Wildman–Crippen MR) is 115 cm³/mol. The van der Waals surface area contributed by atoms with E-state index in [1.807, 2.05) is 6.92 Å². The molecule has 4 nitrogen and oxygen atoms in total. The fourth-order valence-corrected chi connectivity index (χ4v) is 3.51. The normalized spacial score (nSPS) is 10.9. The third-order valence-corrected chi connectivity index (χ3v) is 4.96. The number of carbonyl (C=O) groups excluding carboxylic acids is 1. The van der Waals surface area contributed by atoms with E-state index in [9.17, 15) is 18.4 Å². The van der Waals surface area contributed by atoms with Gasteiger partial charge in [0.1, 0.15) is 17.4 Å². The Labute approximate surface area is 177 Å². The monoisotopic (exact) mass is 419 g/mol. The molecule has 0 spiro atoms. The summed E-state index contributed by atoms with van der Waals surface area (Å²) in [5.41, 5.74) is 0.981. The van der Waals surface area contributed by atoms with Crippen molar-refractivity contribution in [2.24, 2.45) is 0 Å². The van der Waals surface area contributed by atoms with Gasteiger partial charge in [-0.1, -0.05) is 12.1 Å². The number of benzene rings is 3. The Kier molecular flexibility index (Phi) is 5.62. The van der Waals surface area contributed by atoms with Gasteiger partial charge >= 0.3 is 0 Å². The Morgan fingerprint density at radius 3 is 2.45 bits per heavy atom. The number of ketones is 1. The maximum Gasteiger partial charge on any atom is 0.200 e. The van der Waals surface area contributed by atoms with Crippen LogP contribution in [-0.4, -0.2) is 17.0 Å². The first-order valence-corrected chi connectivity index (χ1v) is 9.81. The Hall–Kier alpha value is -3.80. The summed E-state index contributed by atoms with van der Waals surface area (Å²) in [6, 6.07) is 16.2. The molecule has 0 fully saturated rings. The zero-order valence-corrected chi connectivity index (χ0v) is 16.8. The molecule has 0 unspecified atom stereocenters. The first-order chi connectivity index (χ1) is 15.0. The highest BCUT2D eigenvalue weighted by Crippen LogP contribution is 2.22. The van der Waals surface area contributed by atoms with Crippen molar-refractivity contribution in [2.45, 2.75) is 13.5 Å². The van der Waals surface area contributed by atoms with Crippen LogP contribution in [0.4, 0.5) is 8.78 Å². The minimum Gasteiger partial charge on any atom is -0.494 e. The summed E-state index contributed by atoms with van der Waals surface area (Å²) in [5.74, 6) is -0.846. The molecule has 0 atom stereocenters. The summed E-state index contributed by atoms with van der Waals surface area (Å²) in [7, 11) is 0. The molecule has 1 aromatic heterocycles. The van der Waals surface area contributed by atoms with E-state index >= 15 is 0 Å². The third-order valence-electron chi connectivity index (χ3n) is 4.96. The average Bonchev–Trinajstić information content (AvgIpc) is 2.76. The van der Waals surface area contributed by atoms with E-state index in [0.717, 1.165) is 0 Å². The number of nitrogens with zero attached hydrogens (tertiary/aromatic N) is 1. The molecule has 1 heterocycles. The van der Waals surface area contributed by atoms with Gasteiger partial charge in [0.2, 0.25) is 5.43 Å². The predicted octanol–water partition coefficient (Wildman–Crippen LogP) is 4.96. The fourth-order valence-electron chi connectivity index (χ4n) is 3.51. The molecule has 0 saturated heterocycles. The first kappa shape index (κ1) is 20.5. The molecule has 0 bridgehead atoms. The van der Waals surface area contributed by atoms with Crippen LogP contribution in [0.5, 0.6) is 5.75 Å². The van der Waals surface area contributed by atoms with Gasteiger partial charge in [-0.3, -0.25) is 9.59 Å². The van der Waals surface area contributed by atoms with Crippen molar-refractivity contribution in [2.75, 3.05) is 6.61 Å². The second kappa shape index (κ2) is 8.52. The Bertz CT molecular complexity index is 1330. The number of aromatic nitrogens is 1. The number of halogens is 2. The first-order valence-electron chi connectivity index (χ1n) is 9.81. The van der Waals surface area contributed by atoms with Gasteiger partial charge in [-0.25, -0.2) is 8.78 Å². The minimum absolute atomic E-state index is 0.0517. The van der Waals surface area contributed by atoms with Crippen molar-refractivity contribution in [1.29, 1.82) is 0 Å². The van der Waals surface area contributed by atoms with Gasteiger partial charge in [-0.15, -0.1) is 0 Å². The maximum atomic E-state index is 13.7. The lowest BCUT2D eigenvalue weighted by Gasteiger charge is -2.15. The lowest BCUT2D eigenvalue weighted by atomic mass is 10.0. The van der Waals surface area contributed by atoms with Gasteiger partial charge in [0.25, 0.3) is 0 Å². The third kappa shape index (κ3) is 4.23. The summed E-state index contributed by atoms with van der Waals surface area (Å²) in [6.45, 7) is 2.52. The molecule has 3 aromatic carbocycles. The van der Waals surface area contributed by atoms with E-state index < -0.39 is 17.0 Å². The van der Waals surface area contributed by atoms with Crippen molar-refractivity contribution >= 4 is 16.7 Å². The molecule has 0 aliphatic heterocycles. The standard InChI is InChI=1S/C25H19F2NO3/c1-2-31-20-10-11-23-21(13-20)25(30)22(24(29)17-6-8-18(26)9-7-17)15-28(23)14-16-4-3-5-19(27)12-16/h3-13,15H,2,14H2,1H3. The molecule has 156 valence electrons. The van der Waals surface area contributed by atoms with Crippen LogP contribution in [0.15, 0.2) is 77.7 Å². The number of pyridine rings is 1. The number of fused-ring (bicyclic) bond motifs is 1. The van der Waals surface area contributed by atoms with E-state index in [0.29, 0.717) is 28.8 Å². The highest BCUT2D eigenvalue weighted by Gasteiger charge is 2.18. The number of hydrogen-bond acceptors (Lipinski definition) is 3. The van der Waals surface area contributed by atoms with Crippen LogP contribution in [0.25, 0.3) is 10.9 Å². The second-order valence-corrected chi connectivity index (χ2v) is 7.08. The zero-order valence-electron chi connectivity index (χ0n) is 16.8. The molecule has 0 N–H and O–H groups in total. The summed E-state index contributed by atoms with van der Waals surface area (Å²) in [6.07, 6.45) is 1.47. The second-order valence-electron chi connectivity index (χ2n) is 7.08. The van der Waals surface area contributed by atoms with Gasteiger partial charge in [0, 0.05) is 18.3 Å². The molecule has 4 rings (SSSR count). The van der Waals surface area contributed by atoms with Crippen molar-refractivity contribution < 1.29 is 18.3 Å². The van der Waals surface area contributed by atoms with E-state index in [4.69, 9.17) is 4.74 Å². The SMILES string of the molecule is CCOc1ccc2c(c1)c(=O)c(C(=O)c1ccc(F)cc1)cn2Cc1cccc(F)c1. The fraction of sp³-hybridized carbons (Fsp3) is 0.120. The number of rotatable bonds is 6. The number of hydrogen-bond donors (Lipinski definition) is 0. The molecule has 0 amide bonds. The highest BCUT2D eigenvalue weighted by atomic mass is 19.1. The molecule has 6 heteroatoms. The van der Waals surface area contributed by atoms with Crippen molar-refractivity contribution in [3.63, 3.8) is 0 Å². The van der Waals surface area contributed by atoms with E-state index in [1.165, 1.54) is 42.6 Å².